The predicted molar refractivity (Wildman–Crippen MR) is 91.8 cm³/mol. The quantitative estimate of drug-likeness (QED) is 0.725. The third-order valence-electron chi connectivity index (χ3n) is 4.40. The third kappa shape index (κ3) is 5.34. The van der Waals surface area contributed by atoms with Gasteiger partial charge in [0.1, 0.15) is 11.8 Å². The molecular formula is C20H30NO+. The first-order valence-corrected chi connectivity index (χ1v) is 8.58. The van der Waals surface area contributed by atoms with Gasteiger partial charge >= 0.3 is 0 Å². The summed E-state index contributed by atoms with van der Waals surface area (Å²) in [5, 5.41) is 2.45. The summed E-state index contributed by atoms with van der Waals surface area (Å²) in [6.07, 6.45) is 5.46. The summed E-state index contributed by atoms with van der Waals surface area (Å²) >= 11 is 0. The zero-order chi connectivity index (χ0) is 15.8. The fourth-order valence-corrected chi connectivity index (χ4v) is 2.93. The fraction of sp³-hybridized carbons (Fsp3) is 0.500. The molecule has 2 atom stereocenters. The molecule has 0 fully saturated rings. The molecule has 0 saturated carbocycles. The van der Waals surface area contributed by atoms with Gasteiger partial charge in [0.25, 0.3) is 0 Å². The Morgan fingerprint density at radius 1 is 0.909 bits per heavy atom. The van der Waals surface area contributed by atoms with Gasteiger partial charge in [0, 0.05) is 17.9 Å². The van der Waals surface area contributed by atoms with Gasteiger partial charge in [0.15, 0.2) is 0 Å². The molecule has 1 heterocycles. The Balaban J connectivity index is 1.83. The molecule has 0 bridgehead atoms. The van der Waals surface area contributed by atoms with Crippen LogP contribution in [0.25, 0.3) is 0 Å². The van der Waals surface area contributed by atoms with E-state index in [4.69, 9.17) is 4.42 Å². The van der Waals surface area contributed by atoms with Crippen LogP contribution in [-0.4, -0.2) is 6.54 Å². The summed E-state index contributed by atoms with van der Waals surface area (Å²) in [5.74, 6) is 2.46. The average molecular weight is 300 g/mol. The molecule has 2 rings (SSSR count). The van der Waals surface area contributed by atoms with Crippen LogP contribution in [-0.2, 0) is 0 Å². The average Bonchev–Trinajstić information content (AvgIpc) is 3.05. The summed E-state index contributed by atoms with van der Waals surface area (Å²) in [7, 11) is 0. The molecule has 2 nitrogen and oxygen atoms in total. The van der Waals surface area contributed by atoms with Crippen molar-refractivity contribution in [3.05, 3.63) is 60.1 Å². The number of furan rings is 1. The Morgan fingerprint density at radius 2 is 1.68 bits per heavy atom. The van der Waals surface area contributed by atoms with Crippen LogP contribution in [0.5, 0.6) is 0 Å². The van der Waals surface area contributed by atoms with Crippen molar-refractivity contribution in [1.29, 1.82) is 0 Å². The van der Waals surface area contributed by atoms with E-state index in [-0.39, 0.29) is 0 Å². The molecule has 0 spiro atoms. The molecule has 1 aromatic heterocycles. The van der Waals surface area contributed by atoms with Crippen molar-refractivity contribution in [2.75, 3.05) is 6.54 Å². The van der Waals surface area contributed by atoms with Crippen LogP contribution in [0.3, 0.4) is 0 Å². The number of benzene rings is 1. The summed E-state index contributed by atoms with van der Waals surface area (Å²) in [6.45, 7) is 8.01. The van der Waals surface area contributed by atoms with Crippen molar-refractivity contribution in [3.8, 4) is 0 Å². The van der Waals surface area contributed by atoms with E-state index in [0.717, 1.165) is 18.2 Å². The second kappa shape index (κ2) is 8.79. The van der Waals surface area contributed by atoms with E-state index in [1.165, 1.54) is 24.8 Å². The highest BCUT2D eigenvalue weighted by Crippen LogP contribution is 2.26. The Kier molecular flexibility index (Phi) is 6.73. The molecule has 0 saturated heterocycles. The van der Waals surface area contributed by atoms with Gasteiger partial charge in [-0.2, -0.15) is 0 Å². The van der Waals surface area contributed by atoms with Crippen LogP contribution in [0.15, 0.2) is 53.1 Å². The van der Waals surface area contributed by atoms with Crippen LogP contribution < -0.4 is 5.32 Å². The summed E-state index contributed by atoms with van der Waals surface area (Å²) in [4.78, 5) is 0. The molecule has 2 N–H and O–H groups in total. The Labute approximate surface area is 134 Å². The number of hydrogen-bond acceptors (Lipinski definition) is 1. The number of quaternary nitrogens is 1. The van der Waals surface area contributed by atoms with Crippen molar-refractivity contribution < 1.29 is 9.73 Å². The Bertz CT molecular complexity index is 504. The number of nitrogens with two attached hydrogens (primary N) is 1. The van der Waals surface area contributed by atoms with E-state index >= 15 is 0 Å². The van der Waals surface area contributed by atoms with Crippen LogP contribution in [0, 0.1) is 5.92 Å². The van der Waals surface area contributed by atoms with Gasteiger partial charge in [-0.1, -0.05) is 50.6 Å². The standard InChI is InChI=1S/C20H29NO/c1-16(2)11-12-19(20-10-7-15-22-20)13-14-21-17(3)18-8-5-4-6-9-18/h4-10,15-17,19,21H,11-14H2,1-3H3/p+1/t17-,19+/m1/s1. The molecule has 1 aromatic carbocycles. The first-order chi connectivity index (χ1) is 10.7. The molecule has 0 aliphatic rings. The molecule has 0 radical (unpaired) electrons. The van der Waals surface area contributed by atoms with Gasteiger partial charge in [-0.3, -0.25) is 0 Å². The topological polar surface area (TPSA) is 29.8 Å². The van der Waals surface area contributed by atoms with Gasteiger partial charge in [-0.25, -0.2) is 0 Å². The minimum absolute atomic E-state index is 0.517. The van der Waals surface area contributed by atoms with Crippen LogP contribution >= 0.6 is 0 Å². The van der Waals surface area contributed by atoms with Gasteiger partial charge < -0.3 is 9.73 Å². The smallest absolute Gasteiger partial charge is 0.109 e. The maximum absolute atomic E-state index is 5.66. The molecule has 120 valence electrons. The third-order valence-corrected chi connectivity index (χ3v) is 4.40. The maximum Gasteiger partial charge on any atom is 0.109 e. The van der Waals surface area contributed by atoms with Gasteiger partial charge in [-0.05, 0) is 31.4 Å². The minimum Gasteiger partial charge on any atom is -0.469 e. The van der Waals surface area contributed by atoms with E-state index in [9.17, 15) is 0 Å². The second-order valence-electron chi connectivity index (χ2n) is 6.70. The Hall–Kier alpha value is -1.54. The summed E-state index contributed by atoms with van der Waals surface area (Å²) < 4.78 is 5.66. The van der Waals surface area contributed by atoms with Crippen LogP contribution in [0.2, 0.25) is 0 Å². The van der Waals surface area contributed by atoms with E-state index < -0.39 is 0 Å². The van der Waals surface area contributed by atoms with Gasteiger partial charge in [0.2, 0.25) is 0 Å². The summed E-state index contributed by atoms with van der Waals surface area (Å²) in [6, 6.07) is 15.4. The molecule has 2 heteroatoms. The van der Waals surface area contributed by atoms with Crippen LogP contribution in [0.1, 0.15) is 63.3 Å². The molecular weight excluding hydrogens is 270 g/mol. The lowest BCUT2D eigenvalue weighted by Crippen LogP contribution is -2.84. The van der Waals surface area contributed by atoms with Crippen LogP contribution in [0.4, 0.5) is 0 Å². The zero-order valence-corrected chi connectivity index (χ0v) is 14.2. The lowest BCUT2D eigenvalue weighted by atomic mass is 9.93. The molecule has 0 aliphatic heterocycles. The van der Waals surface area contributed by atoms with Crippen molar-refractivity contribution in [2.45, 2.75) is 52.0 Å². The summed E-state index contributed by atoms with van der Waals surface area (Å²) in [5.41, 5.74) is 1.40. The number of hydrogen-bond donors (Lipinski definition) is 1. The SMILES string of the molecule is CC(C)CC[C@@H](CC[NH2+][C@H](C)c1ccccc1)c1ccco1. The van der Waals surface area contributed by atoms with Crippen molar-refractivity contribution >= 4 is 0 Å². The maximum atomic E-state index is 5.66. The van der Waals surface area contributed by atoms with E-state index in [0.29, 0.717) is 12.0 Å². The van der Waals surface area contributed by atoms with E-state index in [1.807, 2.05) is 6.07 Å². The van der Waals surface area contributed by atoms with E-state index in [2.05, 4.69) is 62.5 Å². The normalized spacial score (nSPS) is 14.2. The largest absolute Gasteiger partial charge is 0.469 e. The predicted octanol–water partition coefficient (Wildman–Crippen LogP) is 4.51. The molecule has 22 heavy (non-hydrogen) atoms. The first-order valence-electron chi connectivity index (χ1n) is 8.58. The highest BCUT2D eigenvalue weighted by atomic mass is 16.3. The van der Waals surface area contributed by atoms with Gasteiger partial charge in [0.05, 0.1) is 12.8 Å². The molecule has 0 aliphatic carbocycles. The first kappa shape index (κ1) is 16.8. The van der Waals surface area contributed by atoms with Crippen molar-refractivity contribution in [2.24, 2.45) is 5.92 Å². The zero-order valence-electron chi connectivity index (χ0n) is 14.2. The number of rotatable bonds is 9. The van der Waals surface area contributed by atoms with E-state index in [1.54, 1.807) is 6.26 Å². The Morgan fingerprint density at radius 3 is 2.32 bits per heavy atom. The van der Waals surface area contributed by atoms with Crippen molar-refractivity contribution in [1.82, 2.24) is 0 Å². The molecule has 2 aromatic rings. The van der Waals surface area contributed by atoms with Crippen molar-refractivity contribution in [3.63, 3.8) is 0 Å². The minimum atomic E-state index is 0.517. The van der Waals surface area contributed by atoms with Gasteiger partial charge in [-0.15, -0.1) is 0 Å². The second-order valence-corrected chi connectivity index (χ2v) is 6.70. The highest BCUT2D eigenvalue weighted by Gasteiger charge is 2.17. The monoisotopic (exact) mass is 300 g/mol. The lowest BCUT2D eigenvalue weighted by Gasteiger charge is -2.17. The molecule has 0 amide bonds. The lowest BCUT2D eigenvalue weighted by molar-refractivity contribution is -0.693. The fourth-order valence-electron chi connectivity index (χ4n) is 2.93. The molecule has 0 unspecified atom stereocenters. The highest BCUT2D eigenvalue weighted by molar-refractivity contribution is 5.16.